The summed E-state index contributed by atoms with van der Waals surface area (Å²) in [5.41, 5.74) is 1.32. The van der Waals surface area contributed by atoms with Gasteiger partial charge in [-0.1, -0.05) is 26.8 Å². The molecule has 0 bridgehead atoms. The summed E-state index contributed by atoms with van der Waals surface area (Å²) in [6.45, 7) is 7.03. The Balaban J connectivity index is 2.77. The van der Waals surface area contributed by atoms with Crippen LogP contribution in [0.25, 0.3) is 0 Å². The van der Waals surface area contributed by atoms with Crippen molar-refractivity contribution in [1.82, 2.24) is 0 Å². The number of ether oxygens (including phenoxy) is 2. The van der Waals surface area contributed by atoms with Crippen LogP contribution in [0.2, 0.25) is 0 Å². The summed E-state index contributed by atoms with van der Waals surface area (Å²) < 4.78 is 11.2. The van der Waals surface area contributed by atoms with Crippen molar-refractivity contribution < 1.29 is 9.47 Å². The van der Waals surface area contributed by atoms with Crippen LogP contribution in [0.3, 0.4) is 0 Å². The summed E-state index contributed by atoms with van der Waals surface area (Å²) in [6.07, 6.45) is 0.999. The maximum Gasteiger partial charge on any atom is 0.161 e. The monoisotopic (exact) mass is 254 g/mol. The van der Waals surface area contributed by atoms with E-state index in [1.165, 1.54) is 5.56 Å². The predicted molar refractivity (Wildman–Crippen MR) is 75.5 cm³/mol. The molecule has 0 heterocycles. The van der Waals surface area contributed by atoms with Crippen LogP contribution in [0.5, 0.6) is 11.5 Å². The summed E-state index contributed by atoms with van der Waals surface area (Å²) in [6, 6.07) is 6.08. The molecule has 0 aliphatic heterocycles. The highest BCUT2D eigenvalue weighted by Gasteiger charge is 2.17. The smallest absolute Gasteiger partial charge is 0.161 e. The minimum atomic E-state index is 0.0670. The molecule has 1 aromatic rings. The summed E-state index contributed by atoms with van der Waals surface area (Å²) in [5.74, 6) is 2.40. The van der Waals surface area contributed by atoms with Crippen LogP contribution in [-0.4, -0.2) is 19.5 Å². The van der Waals surface area contributed by atoms with Gasteiger partial charge in [-0.25, -0.2) is 0 Å². The molecule has 0 aromatic heterocycles. The molecule has 0 saturated heterocycles. The Morgan fingerprint density at radius 1 is 1.24 bits per heavy atom. The Morgan fingerprint density at radius 2 is 1.94 bits per heavy atom. The quantitative estimate of drug-likeness (QED) is 0.782. The maximum absolute atomic E-state index is 5.81. The summed E-state index contributed by atoms with van der Waals surface area (Å²) in [4.78, 5) is 0. The number of hydrogen-bond acceptors (Lipinski definition) is 3. The van der Waals surface area contributed by atoms with Gasteiger partial charge in [-0.2, -0.15) is 12.6 Å². The largest absolute Gasteiger partial charge is 0.493 e. The second-order valence-corrected chi connectivity index (χ2v) is 5.27. The van der Waals surface area contributed by atoms with Gasteiger partial charge in [-0.15, -0.1) is 0 Å². The van der Waals surface area contributed by atoms with E-state index in [1.807, 2.05) is 12.1 Å². The lowest BCUT2D eigenvalue weighted by atomic mass is 9.98. The highest BCUT2D eigenvalue weighted by atomic mass is 32.1. The first kappa shape index (κ1) is 14.2. The number of hydrogen-bond donors (Lipinski definition) is 1. The highest BCUT2D eigenvalue weighted by Crippen LogP contribution is 2.30. The van der Waals surface area contributed by atoms with E-state index in [9.17, 15) is 0 Å². The maximum atomic E-state index is 5.81. The molecule has 3 heteroatoms. The summed E-state index contributed by atoms with van der Waals surface area (Å²) in [5, 5.41) is 0. The van der Waals surface area contributed by atoms with Gasteiger partial charge in [0.15, 0.2) is 11.5 Å². The van der Waals surface area contributed by atoms with Gasteiger partial charge in [0.2, 0.25) is 0 Å². The summed E-state index contributed by atoms with van der Waals surface area (Å²) >= 11 is 4.32. The van der Waals surface area contributed by atoms with Crippen molar-refractivity contribution in [2.75, 3.05) is 19.5 Å². The minimum Gasteiger partial charge on any atom is -0.493 e. The van der Waals surface area contributed by atoms with Crippen LogP contribution in [0.15, 0.2) is 18.2 Å². The zero-order valence-electron chi connectivity index (χ0n) is 11.1. The standard InChI is InChI=1S/C14H22O2S/c1-5-11-6-7-12(13(8-11)15-4)16-9-14(2,3)10-17/h6-8,17H,5,9-10H2,1-4H3. The molecule has 0 spiro atoms. The van der Waals surface area contributed by atoms with Gasteiger partial charge in [-0.05, 0) is 29.9 Å². The fourth-order valence-corrected chi connectivity index (χ4v) is 1.46. The number of benzene rings is 1. The highest BCUT2D eigenvalue weighted by molar-refractivity contribution is 7.80. The van der Waals surface area contributed by atoms with Gasteiger partial charge in [0.05, 0.1) is 13.7 Å². The average molecular weight is 254 g/mol. The van der Waals surface area contributed by atoms with Crippen molar-refractivity contribution >= 4 is 12.6 Å². The lowest BCUT2D eigenvalue weighted by Crippen LogP contribution is -2.23. The predicted octanol–water partition coefficient (Wildman–Crippen LogP) is 3.59. The van der Waals surface area contributed by atoms with Gasteiger partial charge in [0.25, 0.3) is 0 Å². The molecule has 0 atom stereocenters. The van der Waals surface area contributed by atoms with Gasteiger partial charge < -0.3 is 9.47 Å². The van der Waals surface area contributed by atoms with E-state index in [2.05, 4.69) is 39.5 Å². The first-order valence-corrected chi connectivity index (χ1v) is 6.56. The molecule has 1 aromatic carbocycles. The SMILES string of the molecule is CCc1ccc(OCC(C)(C)CS)c(OC)c1. The van der Waals surface area contributed by atoms with Crippen molar-refractivity contribution in [3.63, 3.8) is 0 Å². The van der Waals surface area contributed by atoms with Crippen molar-refractivity contribution in [2.24, 2.45) is 5.41 Å². The third kappa shape index (κ3) is 4.15. The molecular formula is C14H22O2S. The third-order valence-corrected chi connectivity index (χ3v) is 3.54. The Labute approximate surface area is 110 Å². The van der Waals surface area contributed by atoms with Crippen LogP contribution in [0, 0.1) is 5.41 Å². The molecule has 0 fully saturated rings. The van der Waals surface area contributed by atoms with Crippen LogP contribution < -0.4 is 9.47 Å². The van der Waals surface area contributed by atoms with Crippen LogP contribution >= 0.6 is 12.6 Å². The Kier molecular flexibility index (Phi) is 5.19. The van der Waals surface area contributed by atoms with Gasteiger partial charge in [0.1, 0.15) is 0 Å². The Bertz CT molecular complexity index is 361. The average Bonchev–Trinajstić information content (AvgIpc) is 2.36. The van der Waals surface area contributed by atoms with E-state index in [4.69, 9.17) is 9.47 Å². The van der Waals surface area contributed by atoms with Crippen molar-refractivity contribution in [3.05, 3.63) is 23.8 Å². The molecule has 2 nitrogen and oxygen atoms in total. The zero-order valence-corrected chi connectivity index (χ0v) is 12.0. The van der Waals surface area contributed by atoms with Gasteiger partial charge in [0, 0.05) is 5.41 Å². The molecule has 1 rings (SSSR count). The van der Waals surface area contributed by atoms with Crippen molar-refractivity contribution in [2.45, 2.75) is 27.2 Å². The van der Waals surface area contributed by atoms with Crippen LogP contribution in [0.1, 0.15) is 26.3 Å². The Morgan fingerprint density at radius 3 is 2.47 bits per heavy atom. The fraction of sp³-hybridized carbons (Fsp3) is 0.571. The number of thiol groups is 1. The van der Waals surface area contributed by atoms with E-state index in [0.29, 0.717) is 6.61 Å². The second-order valence-electron chi connectivity index (χ2n) is 4.95. The lowest BCUT2D eigenvalue weighted by molar-refractivity contribution is 0.195. The molecule has 0 aliphatic carbocycles. The zero-order chi connectivity index (χ0) is 12.9. The molecule has 0 saturated carbocycles. The van der Waals surface area contributed by atoms with Crippen molar-refractivity contribution in [1.29, 1.82) is 0 Å². The third-order valence-electron chi connectivity index (χ3n) is 2.68. The molecule has 17 heavy (non-hydrogen) atoms. The number of aryl methyl sites for hydroxylation is 1. The first-order chi connectivity index (χ1) is 8.02. The molecule has 0 radical (unpaired) electrons. The normalized spacial score (nSPS) is 11.4. The minimum absolute atomic E-state index is 0.0670. The van der Waals surface area contributed by atoms with E-state index >= 15 is 0 Å². The van der Waals surface area contributed by atoms with Crippen molar-refractivity contribution in [3.8, 4) is 11.5 Å². The van der Waals surface area contributed by atoms with Gasteiger partial charge in [-0.3, -0.25) is 0 Å². The fourth-order valence-electron chi connectivity index (χ4n) is 1.37. The Hall–Kier alpha value is -0.830. The lowest BCUT2D eigenvalue weighted by Gasteiger charge is -2.23. The van der Waals surface area contributed by atoms with E-state index in [0.717, 1.165) is 23.7 Å². The summed E-state index contributed by atoms with van der Waals surface area (Å²) in [7, 11) is 1.67. The van der Waals surface area contributed by atoms with E-state index < -0.39 is 0 Å². The second kappa shape index (κ2) is 6.20. The molecule has 0 unspecified atom stereocenters. The van der Waals surface area contributed by atoms with E-state index in [-0.39, 0.29) is 5.41 Å². The molecule has 0 amide bonds. The van der Waals surface area contributed by atoms with Gasteiger partial charge >= 0.3 is 0 Å². The first-order valence-electron chi connectivity index (χ1n) is 5.93. The number of rotatable bonds is 6. The molecule has 0 N–H and O–H groups in total. The number of methoxy groups -OCH3 is 1. The molecule has 0 aliphatic rings. The molecular weight excluding hydrogens is 232 g/mol. The topological polar surface area (TPSA) is 18.5 Å². The molecule has 96 valence electrons. The van der Waals surface area contributed by atoms with Crippen LogP contribution in [0.4, 0.5) is 0 Å². The van der Waals surface area contributed by atoms with Crippen LogP contribution in [-0.2, 0) is 6.42 Å². The van der Waals surface area contributed by atoms with E-state index in [1.54, 1.807) is 7.11 Å².